The summed E-state index contributed by atoms with van der Waals surface area (Å²) in [4.78, 5) is 2.51. The molecule has 3 nitrogen and oxygen atoms in total. The van der Waals surface area contributed by atoms with E-state index < -0.39 is 0 Å². The van der Waals surface area contributed by atoms with Crippen molar-refractivity contribution < 1.29 is 4.74 Å². The molecule has 1 heterocycles. The van der Waals surface area contributed by atoms with E-state index in [-0.39, 0.29) is 6.10 Å². The number of piperidine rings is 1. The molecule has 1 aliphatic rings. The maximum absolute atomic E-state index is 5.81. The molecular weight excluding hydrogens is 260 g/mol. The van der Waals surface area contributed by atoms with Crippen LogP contribution in [0.25, 0.3) is 0 Å². The van der Waals surface area contributed by atoms with E-state index >= 15 is 0 Å². The molecule has 1 saturated heterocycles. The first-order valence-electron chi connectivity index (χ1n) is 8.23. The van der Waals surface area contributed by atoms with Gasteiger partial charge in [0.05, 0.1) is 6.10 Å². The zero-order valence-corrected chi connectivity index (χ0v) is 13.9. The molecule has 2 atom stereocenters. The summed E-state index contributed by atoms with van der Waals surface area (Å²) in [5, 5.41) is 3.53. The molecule has 2 unspecified atom stereocenters. The van der Waals surface area contributed by atoms with Crippen LogP contribution in [0.15, 0.2) is 24.3 Å². The summed E-state index contributed by atoms with van der Waals surface area (Å²) >= 11 is 0. The molecule has 1 fully saturated rings. The highest BCUT2D eigenvalue weighted by Gasteiger charge is 2.26. The van der Waals surface area contributed by atoms with E-state index in [1.54, 1.807) is 0 Å². The molecular formula is C18H30N2O. The Labute approximate surface area is 129 Å². The van der Waals surface area contributed by atoms with Gasteiger partial charge in [0.25, 0.3) is 0 Å². The Hall–Kier alpha value is -1.06. The predicted octanol–water partition coefficient (Wildman–Crippen LogP) is 3.09. The van der Waals surface area contributed by atoms with Crippen LogP contribution in [0.3, 0.4) is 0 Å². The van der Waals surface area contributed by atoms with Gasteiger partial charge >= 0.3 is 0 Å². The SMILES string of the molecule is CNC(Cc1cccc(OC(C)C)c1)C1CCCCN1C. The maximum atomic E-state index is 5.81. The molecule has 21 heavy (non-hydrogen) atoms. The first-order chi connectivity index (χ1) is 10.1. The lowest BCUT2D eigenvalue weighted by Gasteiger charge is -2.38. The molecule has 0 bridgehead atoms. The normalized spacial score (nSPS) is 21.5. The van der Waals surface area contributed by atoms with Crippen LogP contribution in [0, 0.1) is 0 Å². The number of hydrogen-bond acceptors (Lipinski definition) is 3. The number of likely N-dealkylation sites (tertiary alicyclic amines) is 1. The minimum Gasteiger partial charge on any atom is -0.491 e. The number of nitrogens with one attached hydrogen (secondary N) is 1. The molecule has 1 aromatic rings. The third kappa shape index (κ3) is 4.72. The van der Waals surface area contributed by atoms with Crippen molar-refractivity contribution in [1.82, 2.24) is 10.2 Å². The zero-order valence-electron chi connectivity index (χ0n) is 13.9. The van der Waals surface area contributed by atoms with E-state index in [2.05, 4.69) is 56.4 Å². The fourth-order valence-corrected chi connectivity index (χ4v) is 3.31. The summed E-state index contributed by atoms with van der Waals surface area (Å²) in [5.41, 5.74) is 1.35. The van der Waals surface area contributed by atoms with Crippen molar-refractivity contribution in [2.75, 3.05) is 20.6 Å². The van der Waals surface area contributed by atoms with Crippen molar-refractivity contribution in [3.8, 4) is 5.75 Å². The summed E-state index contributed by atoms with van der Waals surface area (Å²) in [6.07, 6.45) is 5.26. The standard InChI is InChI=1S/C18H30N2O/c1-14(2)21-16-9-7-8-15(12-16)13-17(19-3)18-10-5-6-11-20(18)4/h7-9,12,14,17-19H,5-6,10-11,13H2,1-4H3. The van der Waals surface area contributed by atoms with Crippen molar-refractivity contribution >= 4 is 0 Å². The molecule has 118 valence electrons. The Morgan fingerprint density at radius 1 is 1.33 bits per heavy atom. The van der Waals surface area contributed by atoms with E-state index in [0.29, 0.717) is 12.1 Å². The number of benzene rings is 1. The fraction of sp³-hybridized carbons (Fsp3) is 0.667. The minimum absolute atomic E-state index is 0.227. The summed E-state index contributed by atoms with van der Waals surface area (Å²) in [6.45, 7) is 5.36. The van der Waals surface area contributed by atoms with E-state index in [4.69, 9.17) is 4.74 Å². The minimum atomic E-state index is 0.227. The van der Waals surface area contributed by atoms with Gasteiger partial charge in [-0.15, -0.1) is 0 Å². The first-order valence-corrected chi connectivity index (χ1v) is 8.23. The quantitative estimate of drug-likeness (QED) is 0.871. The van der Waals surface area contributed by atoms with Gasteiger partial charge in [0, 0.05) is 12.1 Å². The number of hydrogen-bond donors (Lipinski definition) is 1. The molecule has 3 heteroatoms. The van der Waals surface area contributed by atoms with E-state index in [1.807, 2.05) is 6.07 Å². The maximum Gasteiger partial charge on any atom is 0.119 e. The highest BCUT2D eigenvalue weighted by molar-refractivity contribution is 5.29. The van der Waals surface area contributed by atoms with Gasteiger partial charge in [0.15, 0.2) is 0 Å². The Morgan fingerprint density at radius 2 is 2.14 bits per heavy atom. The monoisotopic (exact) mass is 290 g/mol. The lowest BCUT2D eigenvalue weighted by atomic mass is 9.92. The van der Waals surface area contributed by atoms with Crippen molar-refractivity contribution in [1.29, 1.82) is 0 Å². The van der Waals surface area contributed by atoms with Gasteiger partial charge in [-0.2, -0.15) is 0 Å². The Kier molecular flexibility index (Phi) is 6.07. The van der Waals surface area contributed by atoms with Crippen LogP contribution in [-0.4, -0.2) is 43.7 Å². The summed E-state index contributed by atoms with van der Waals surface area (Å²) in [5.74, 6) is 0.981. The lowest BCUT2D eigenvalue weighted by molar-refractivity contribution is 0.147. The van der Waals surface area contributed by atoms with Crippen molar-refractivity contribution in [3.63, 3.8) is 0 Å². The highest BCUT2D eigenvalue weighted by Crippen LogP contribution is 2.22. The van der Waals surface area contributed by atoms with Gasteiger partial charge < -0.3 is 15.0 Å². The van der Waals surface area contributed by atoms with Crippen LogP contribution in [0.5, 0.6) is 5.75 Å². The smallest absolute Gasteiger partial charge is 0.119 e. The van der Waals surface area contributed by atoms with Gasteiger partial charge in [-0.1, -0.05) is 18.6 Å². The summed E-state index contributed by atoms with van der Waals surface area (Å²) in [7, 11) is 4.34. The predicted molar refractivity (Wildman–Crippen MR) is 89.0 cm³/mol. The van der Waals surface area contributed by atoms with Crippen molar-refractivity contribution in [2.24, 2.45) is 0 Å². The molecule has 0 radical (unpaired) electrons. The molecule has 0 amide bonds. The number of rotatable bonds is 6. The largest absolute Gasteiger partial charge is 0.491 e. The zero-order chi connectivity index (χ0) is 15.2. The fourth-order valence-electron chi connectivity index (χ4n) is 3.31. The third-order valence-corrected chi connectivity index (χ3v) is 4.39. The molecule has 0 saturated carbocycles. The van der Waals surface area contributed by atoms with Crippen molar-refractivity contribution in [2.45, 2.75) is 57.7 Å². The second kappa shape index (κ2) is 7.81. The Bertz CT molecular complexity index is 433. The van der Waals surface area contributed by atoms with Crippen LogP contribution in [0.2, 0.25) is 0 Å². The van der Waals surface area contributed by atoms with Gasteiger partial charge in [-0.25, -0.2) is 0 Å². The molecule has 0 aromatic heterocycles. The van der Waals surface area contributed by atoms with E-state index in [9.17, 15) is 0 Å². The summed E-state index contributed by atoms with van der Waals surface area (Å²) in [6, 6.07) is 9.69. The number of ether oxygens (including phenoxy) is 1. The van der Waals surface area contributed by atoms with Crippen LogP contribution in [0.4, 0.5) is 0 Å². The molecule has 1 N–H and O–H groups in total. The molecule has 1 aromatic carbocycles. The van der Waals surface area contributed by atoms with Crippen LogP contribution < -0.4 is 10.1 Å². The van der Waals surface area contributed by atoms with Crippen LogP contribution >= 0.6 is 0 Å². The van der Waals surface area contributed by atoms with Gasteiger partial charge in [0.1, 0.15) is 5.75 Å². The van der Waals surface area contributed by atoms with Gasteiger partial charge in [-0.3, -0.25) is 0 Å². The molecule has 0 aliphatic carbocycles. The number of likely N-dealkylation sites (N-methyl/N-ethyl adjacent to an activating group) is 2. The lowest BCUT2D eigenvalue weighted by Crippen LogP contribution is -2.50. The van der Waals surface area contributed by atoms with Gasteiger partial charge in [-0.05, 0) is 71.4 Å². The van der Waals surface area contributed by atoms with Crippen LogP contribution in [0.1, 0.15) is 38.7 Å². The topological polar surface area (TPSA) is 24.5 Å². The Morgan fingerprint density at radius 3 is 2.81 bits per heavy atom. The molecule has 0 spiro atoms. The summed E-state index contributed by atoms with van der Waals surface area (Å²) < 4.78 is 5.81. The van der Waals surface area contributed by atoms with Crippen molar-refractivity contribution in [3.05, 3.63) is 29.8 Å². The average Bonchev–Trinajstić information content (AvgIpc) is 2.45. The van der Waals surface area contributed by atoms with E-state index in [1.165, 1.54) is 31.4 Å². The van der Waals surface area contributed by atoms with Gasteiger partial charge in [0.2, 0.25) is 0 Å². The Balaban J connectivity index is 2.03. The second-order valence-electron chi connectivity index (χ2n) is 6.46. The molecule has 1 aliphatic heterocycles. The molecule has 2 rings (SSSR count). The van der Waals surface area contributed by atoms with Crippen LogP contribution in [-0.2, 0) is 6.42 Å². The third-order valence-electron chi connectivity index (χ3n) is 4.39. The second-order valence-corrected chi connectivity index (χ2v) is 6.46. The van der Waals surface area contributed by atoms with E-state index in [0.717, 1.165) is 12.2 Å². The highest BCUT2D eigenvalue weighted by atomic mass is 16.5. The first kappa shape index (κ1) is 16.3. The number of nitrogens with zero attached hydrogens (tertiary/aromatic N) is 1. The average molecular weight is 290 g/mol.